The molecule has 0 saturated heterocycles. The maximum absolute atomic E-state index is 11.9. The molecule has 0 saturated carbocycles. The lowest BCUT2D eigenvalue weighted by molar-refractivity contribution is -0.120. The van der Waals surface area contributed by atoms with Crippen molar-refractivity contribution in [1.82, 2.24) is 25.1 Å². The van der Waals surface area contributed by atoms with Gasteiger partial charge in [0.15, 0.2) is 5.16 Å². The van der Waals surface area contributed by atoms with E-state index in [9.17, 15) is 4.79 Å². The molecule has 0 spiro atoms. The van der Waals surface area contributed by atoms with Crippen molar-refractivity contribution in [2.75, 3.05) is 6.54 Å². The molecule has 0 fully saturated rings. The van der Waals surface area contributed by atoms with Gasteiger partial charge in [0, 0.05) is 31.4 Å². The summed E-state index contributed by atoms with van der Waals surface area (Å²) in [6.07, 6.45) is 5.23. The number of pyridine rings is 1. The largest absolute Gasteiger partial charge is 0.355 e. The van der Waals surface area contributed by atoms with Crippen LogP contribution in [0.5, 0.6) is 0 Å². The van der Waals surface area contributed by atoms with Crippen molar-refractivity contribution < 1.29 is 4.79 Å². The SMILES string of the molecule is CCCNC(=O)[C@@H](C)Sc1nncn1CCc1ccccn1. The zero-order valence-electron chi connectivity index (χ0n) is 12.9. The molecule has 118 valence electrons. The molecule has 0 aliphatic heterocycles. The van der Waals surface area contributed by atoms with Crippen molar-refractivity contribution in [1.29, 1.82) is 0 Å². The fourth-order valence-electron chi connectivity index (χ4n) is 1.87. The van der Waals surface area contributed by atoms with Crippen LogP contribution in [0.25, 0.3) is 0 Å². The average molecular weight is 319 g/mol. The molecule has 1 amide bonds. The van der Waals surface area contributed by atoms with Crippen molar-refractivity contribution >= 4 is 17.7 Å². The molecule has 7 heteroatoms. The number of nitrogens with one attached hydrogen (secondary N) is 1. The van der Waals surface area contributed by atoms with Crippen LogP contribution in [0.4, 0.5) is 0 Å². The first-order valence-electron chi connectivity index (χ1n) is 7.42. The second-order valence-corrected chi connectivity index (χ2v) is 6.24. The lowest BCUT2D eigenvalue weighted by atomic mass is 10.3. The van der Waals surface area contributed by atoms with Gasteiger partial charge in [-0.05, 0) is 25.5 Å². The fraction of sp³-hybridized carbons (Fsp3) is 0.467. The number of thioether (sulfide) groups is 1. The van der Waals surface area contributed by atoms with Gasteiger partial charge in [-0.1, -0.05) is 24.8 Å². The molecule has 2 heterocycles. The van der Waals surface area contributed by atoms with E-state index in [0.717, 1.165) is 30.2 Å². The first kappa shape index (κ1) is 16.5. The van der Waals surface area contributed by atoms with E-state index in [1.165, 1.54) is 11.8 Å². The smallest absolute Gasteiger partial charge is 0.233 e. The summed E-state index contributed by atoms with van der Waals surface area (Å²) in [5.41, 5.74) is 1.03. The maximum Gasteiger partial charge on any atom is 0.233 e. The summed E-state index contributed by atoms with van der Waals surface area (Å²) in [7, 11) is 0. The van der Waals surface area contributed by atoms with E-state index in [-0.39, 0.29) is 11.2 Å². The molecule has 6 nitrogen and oxygen atoms in total. The van der Waals surface area contributed by atoms with Gasteiger partial charge in [0.25, 0.3) is 0 Å². The number of nitrogens with zero attached hydrogens (tertiary/aromatic N) is 4. The number of hydrogen-bond acceptors (Lipinski definition) is 5. The van der Waals surface area contributed by atoms with Crippen molar-refractivity contribution in [3.8, 4) is 0 Å². The van der Waals surface area contributed by atoms with Crippen molar-refractivity contribution in [3.63, 3.8) is 0 Å². The number of hydrogen-bond donors (Lipinski definition) is 1. The van der Waals surface area contributed by atoms with E-state index in [4.69, 9.17) is 0 Å². The third kappa shape index (κ3) is 4.84. The molecule has 0 aliphatic rings. The molecule has 1 N–H and O–H groups in total. The molecule has 0 unspecified atom stereocenters. The summed E-state index contributed by atoms with van der Waals surface area (Å²) < 4.78 is 1.96. The Morgan fingerprint density at radius 3 is 3.05 bits per heavy atom. The van der Waals surface area contributed by atoms with E-state index >= 15 is 0 Å². The Hall–Kier alpha value is -1.89. The highest BCUT2D eigenvalue weighted by Crippen LogP contribution is 2.21. The Labute approximate surface area is 134 Å². The Kier molecular flexibility index (Phi) is 6.39. The number of aryl methyl sites for hydroxylation is 2. The lowest BCUT2D eigenvalue weighted by Gasteiger charge is -2.11. The molecule has 2 aromatic heterocycles. The predicted octanol–water partition coefficient (Wildman–Crippen LogP) is 1.92. The summed E-state index contributed by atoms with van der Waals surface area (Å²) in [6, 6.07) is 5.88. The summed E-state index contributed by atoms with van der Waals surface area (Å²) in [5.74, 6) is 0.0335. The predicted molar refractivity (Wildman–Crippen MR) is 86.6 cm³/mol. The zero-order valence-corrected chi connectivity index (χ0v) is 13.7. The van der Waals surface area contributed by atoms with Crippen LogP contribution >= 0.6 is 11.8 Å². The van der Waals surface area contributed by atoms with Crippen molar-refractivity contribution in [2.24, 2.45) is 0 Å². The van der Waals surface area contributed by atoms with Crippen molar-refractivity contribution in [3.05, 3.63) is 36.4 Å². The quantitative estimate of drug-likeness (QED) is 0.753. The third-order valence-electron chi connectivity index (χ3n) is 3.12. The Balaban J connectivity index is 1.90. The van der Waals surface area contributed by atoms with E-state index in [0.29, 0.717) is 6.54 Å². The molecule has 22 heavy (non-hydrogen) atoms. The van der Waals surface area contributed by atoms with Gasteiger partial charge in [0.05, 0.1) is 5.25 Å². The minimum absolute atomic E-state index is 0.0335. The minimum Gasteiger partial charge on any atom is -0.355 e. The average Bonchev–Trinajstić information content (AvgIpc) is 2.98. The van der Waals surface area contributed by atoms with Crippen LogP contribution in [0.15, 0.2) is 35.9 Å². The summed E-state index contributed by atoms with van der Waals surface area (Å²) in [4.78, 5) is 16.2. The maximum atomic E-state index is 11.9. The van der Waals surface area contributed by atoms with Gasteiger partial charge < -0.3 is 9.88 Å². The molecular weight excluding hydrogens is 298 g/mol. The third-order valence-corrected chi connectivity index (χ3v) is 4.21. The van der Waals surface area contributed by atoms with E-state index in [2.05, 4.69) is 20.5 Å². The number of carbonyl (C=O) groups excluding carboxylic acids is 1. The number of carbonyl (C=O) groups is 1. The van der Waals surface area contributed by atoms with Crippen LogP contribution in [0.1, 0.15) is 26.0 Å². The standard InChI is InChI=1S/C15H21N5OS/c1-3-8-17-14(21)12(2)22-15-19-18-11-20(15)10-7-13-6-4-5-9-16-13/h4-6,9,11-12H,3,7-8,10H2,1-2H3,(H,17,21)/t12-/m1/s1. The first-order chi connectivity index (χ1) is 10.7. The van der Waals surface area contributed by atoms with Gasteiger partial charge in [0.2, 0.25) is 5.91 Å². The molecule has 0 radical (unpaired) electrons. The summed E-state index contributed by atoms with van der Waals surface area (Å²) in [5, 5.41) is 11.5. The van der Waals surface area contributed by atoms with Crippen LogP contribution < -0.4 is 5.32 Å². The molecule has 0 aromatic carbocycles. The first-order valence-corrected chi connectivity index (χ1v) is 8.30. The van der Waals surface area contributed by atoms with Crippen LogP contribution in [0.3, 0.4) is 0 Å². The highest BCUT2D eigenvalue weighted by Gasteiger charge is 2.17. The molecule has 0 aliphatic carbocycles. The normalized spacial score (nSPS) is 12.1. The molecule has 2 aromatic rings. The van der Waals surface area contributed by atoms with Crippen LogP contribution in [0.2, 0.25) is 0 Å². The number of aromatic nitrogens is 4. The highest BCUT2D eigenvalue weighted by molar-refractivity contribution is 8.00. The Bertz CT molecular complexity index is 587. The summed E-state index contributed by atoms with van der Waals surface area (Å²) in [6.45, 7) is 5.37. The second kappa shape index (κ2) is 8.53. The van der Waals surface area contributed by atoms with E-state index in [1.54, 1.807) is 12.5 Å². The number of amides is 1. The van der Waals surface area contributed by atoms with Gasteiger partial charge in [-0.15, -0.1) is 10.2 Å². The highest BCUT2D eigenvalue weighted by atomic mass is 32.2. The molecule has 1 atom stereocenters. The van der Waals surface area contributed by atoms with Crippen LogP contribution in [-0.2, 0) is 17.8 Å². The van der Waals surface area contributed by atoms with E-state index < -0.39 is 0 Å². The Morgan fingerprint density at radius 1 is 1.45 bits per heavy atom. The fourth-order valence-corrected chi connectivity index (χ4v) is 2.75. The van der Waals surface area contributed by atoms with Crippen LogP contribution in [0, 0.1) is 0 Å². The van der Waals surface area contributed by atoms with Crippen LogP contribution in [-0.4, -0.2) is 37.5 Å². The molecule has 0 bridgehead atoms. The summed E-state index contributed by atoms with van der Waals surface area (Å²) >= 11 is 1.43. The van der Waals surface area contributed by atoms with Crippen molar-refractivity contribution in [2.45, 2.75) is 43.6 Å². The van der Waals surface area contributed by atoms with Gasteiger partial charge in [0.1, 0.15) is 6.33 Å². The Morgan fingerprint density at radius 2 is 2.32 bits per heavy atom. The molecular formula is C15H21N5OS. The van der Waals surface area contributed by atoms with E-state index in [1.807, 2.05) is 36.6 Å². The monoisotopic (exact) mass is 319 g/mol. The van der Waals surface area contributed by atoms with Gasteiger partial charge >= 0.3 is 0 Å². The number of rotatable bonds is 8. The minimum atomic E-state index is -0.190. The molecule has 2 rings (SSSR count). The van der Waals surface area contributed by atoms with Gasteiger partial charge in [-0.2, -0.15) is 0 Å². The second-order valence-electron chi connectivity index (χ2n) is 4.93. The van der Waals surface area contributed by atoms with Gasteiger partial charge in [-0.25, -0.2) is 0 Å². The lowest BCUT2D eigenvalue weighted by Crippen LogP contribution is -2.31. The van der Waals surface area contributed by atoms with Gasteiger partial charge in [-0.3, -0.25) is 9.78 Å². The zero-order chi connectivity index (χ0) is 15.8. The topological polar surface area (TPSA) is 72.7 Å².